The number of ether oxygens (including phenoxy) is 1. The fraction of sp³-hybridized carbons (Fsp3) is 0.133. The lowest BCUT2D eigenvalue weighted by Gasteiger charge is -2.09. The second-order valence-corrected chi connectivity index (χ2v) is 4.48. The van der Waals surface area contributed by atoms with Gasteiger partial charge in [0.2, 0.25) is 5.88 Å². The first-order valence-electron chi connectivity index (χ1n) is 6.53. The summed E-state index contributed by atoms with van der Waals surface area (Å²) >= 11 is 0. The van der Waals surface area contributed by atoms with Gasteiger partial charge < -0.3 is 10.1 Å². The molecule has 0 unspecified atom stereocenters. The van der Waals surface area contributed by atoms with Crippen molar-refractivity contribution in [3.63, 3.8) is 0 Å². The van der Waals surface area contributed by atoms with Crippen molar-refractivity contribution in [1.82, 2.24) is 19.7 Å². The number of benzene rings is 1. The maximum atomic E-state index is 5.04. The molecule has 0 fully saturated rings. The molecule has 0 saturated carbocycles. The maximum absolute atomic E-state index is 5.04. The van der Waals surface area contributed by atoms with E-state index in [0.29, 0.717) is 12.4 Å². The topological polar surface area (TPSA) is 64.9 Å². The number of nitrogens with zero attached hydrogens (tertiary/aromatic N) is 4. The molecule has 106 valence electrons. The molecule has 0 amide bonds. The molecule has 1 aromatic carbocycles. The van der Waals surface area contributed by atoms with Gasteiger partial charge in [0.05, 0.1) is 12.8 Å². The summed E-state index contributed by atoms with van der Waals surface area (Å²) in [6.07, 6.45) is 5.15. The standard InChI is InChI=1S/C15H15N5O/c1-21-15-6-5-12(9-17-15)8-16-13-3-2-4-14(7-13)20-10-18-19-11-20/h2-7,9-11,16H,8H2,1H3. The van der Waals surface area contributed by atoms with E-state index in [1.807, 2.05) is 41.0 Å². The normalized spacial score (nSPS) is 10.3. The Morgan fingerprint density at radius 3 is 2.71 bits per heavy atom. The van der Waals surface area contributed by atoms with Crippen LogP contribution in [-0.4, -0.2) is 26.9 Å². The third kappa shape index (κ3) is 3.17. The second-order valence-electron chi connectivity index (χ2n) is 4.48. The molecule has 0 aliphatic heterocycles. The molecule has 0 radical (unpaired) electrons. The average molecular weight is 281 g/mol. The van der Waals surface area contributed by atoms with Crippen LogP contribution in [0.1, 0.15) is 5.56 Å². The molecule has 21 heavy (non-hydrogen) atoms. The van der Waals surface area contributed by atoms with E-state index in [0.717, 1.165) is 16.9 Å². The van der Waals surface area contributed by atoms with Gasteiger partial charge in [0.15, 0.2) is 0 Å². The number of rotatable bonds is 5. The summed E-state index contributed by atoms with van der Waals surface area (Å²) in [4.78, 5) is 4.18. The summed E-state index contributed by atoms with van der Waals surface area (Å²) in [7, 11) is 1.61. The Bertz CT molecular complexity index is 694. The molecule has 0 aliphatic carbocycles. The monoisotopic (exact) mass is 281 g/mol. The molecule has 0 bridgehead atoms. The van der Waals surface area contributed by atoms with Crippen molar-refractivity contribution in [2.45, 2.75) is 6.54 Å². The number of anilines is 1. The molecule has 6 heteroatoms. The zero-order valence-electron chi connectivity index (χ0n) is 11.6. The van der Waals surface area contributed by atoms with Crippen molar-refractivity contribution in [3.05, 3.63) is 60.8 Å². The Hall–Kier alpha value is -2.89. The third-order valence-corrected chi connectivity index (χ3v) is 3.07. The van der Waals surface area contributed by atoms with E-state index in [4.69, 9.17) is 4.74 Å². The number of hydrogen-bond donors (Lipinski definition) is 1. The van der Waals surface area contributed by atoms with Gasteiger partial charge in [-0.3, -0.25) is 4.57 Å². The Balaban J connectivity index is 1.68. The third-order valence-electron chi connectivity index (χ3n) is 3.07. The molecule has 2 aromatic heterocycles. The number of aromatic nitrogens is 4. The minimum absolute atomic E-state index is 0.619. The number of hydrogen-bond acceptors (Lipinski definition) is 5. The highest BCUT2D eigenvalue weighted by Crippen LogP contribution is 2.15. The number of methoxy groups -OCH3 is 1. The summed E-state index contributed by atoms with van der Waals surface area (Å²) in [6, 6.07) is 11.9. The molecule has 0 aliphatic rings. The van der Waals surface area contributed by atoms with Crippen LogP contribution in [0.2, 0.25) is 0 Å². The predicted molar refractivity (Wildman–Crippen MR) is 79.5 cm³/mol. The molecule has 3 aromatic rings. The zero-order valence-corrected chi connectivity index (χ0v) is 11.6. The first-order valence-corrected chi connectivity index (χ1v) is 6.53. The smallest absolute Gasteiger partial charge is 0.212 e. The first-order chi connectivity index (χ1) is 10.3. The highest BCUT2D eigenvalue weighted by Gasteiger charge is 2.00. The average Bonchev–Trinajstić information content (AvgIpc) is 3.08. The summed E-state index contributed by atoms with van der Waals surface area (Å²) in [5, 5.41) is 11.0. The van der Waals surface area contributed by atoms with Gasteiger partial charge in [-0.2, -0.15) is 0 Å². The summed E-state index contributed by atoms with van der Waals surface area (Å²) in [5.74, 6) is 0.619. The van der Waals surface area contributed by atoms with Gasteiger partial charge in [0.1, 0.15) is 12.7 Å². The minimum atomic E-state index is 0.619. The van der Waals surface area contributed by atoms with Crippen molar-refractivity contribution in [2.75, 3.05) is 12.4 Å². The molecule has 3 rings (SSSR count). The van der Waals surface area contributed by atoms with Gasteiger partial charge in [0.25, 0.3) is 0 Å². The van der Waals surface area contributed by atoms with Crippen LogP contribution in [0.4, 0.5) is 5.69 Å². The van der Waals surface area contributed by atoms with Gasteiger partial charge >= 0.3 is 0 Å². The molecule has 0 saturated heterocycles. The van der Waals surface area contributed by atoms with E-state index in [1.165, 1.54) is 0 Å². The van der Waals surface area contributed by atoms with Crippen molar-refractivity contribution >= 4 is 5.69 Å². The summed E-state index contributed by atoms with van der Waals surface area (Å²) < 4.78 is 6.90. The van der Waals surface area contributed by atoms with Crippen LogP contribution in [0.3, 0.4) is 0 Å². The lowest BCUT2D eigenvalue weighted by molar-refractivity contribution is 0.397. The lowest BCUT2D eigenvalue weighted by atomic mass is 10.2. The Labute approximate surface area is 122 Å². The molecule has 6 nitrogen and oxygen atoms in total. The quantitative estimate of drug-likeness (QED) is 0.777. The summed E-state index contributed by atoms with van der Waals surface area (Å²) in [6.45, 7) is 0.697. The van der Waals surface area contributed by atoms with Crippen LogP contribution in [0, 0.1) is 0 Å². The predicted octanol–water partition coefficient (Wildman–Crippen LogP) is 2.28. The van der Waals surface area contributed by atoms with Gasteiger partial charge in [-0.25, -0.2) is 4.98 Å². The van der Waals surface area contributed by atoms with E-state index >= 15 is 0 Å². The van der Waals surface area contributed by atoms with Crippen molar-refractivity contribution in [3.8, 4) is 11.6 Å². The minimum Gasteiger partial charge on any atom is -0.481 e. The highest BCUT2D eigenvalue weighted by atomic mass is 16.5. The lowest BCUT2D eigenvalue weighted by Crippen LogP contribution is -2.01. The van der Waals surface area contributed by atoms with Crippen molar-refractivity contribution in [2.24, 2.45) is 0 Å². The zero-order chi connectivity index (χ0) is 14.5. The van der Waals surface area contributed by atoms with Crippen LogP contribution in [-0.2, 0) is 6.54 Å². The highest BCUT2D eigenvalue weighted by molar-refractivity contribution is 5.51. The van der Waals surface area contributed by atoms with E-state index in [-0.39, 0.29) is 0 Å². The molecule has 1 N–H and O–H groups in total. The second kappa shape index (κ2) is 6.04. The van der Waals surface area contributed by atoms with Gasteiger partial charge in [-0.15, -0.1) is 10.2 Å². The van der Waals surface area contributed by atoms with Crippen LogP contribution in [0.5, 0.6) is 5.88 Å². The van der Waals surface area contributed by atoms with E-state index < -0.39 is 0 Å². The van der Waals surface area contributed by atoms with Crippen molar-refractivity contribution < 1.29 is 4.74 Å². The first kappa shape index (κ1) is 13.1. The summed E-state index contributed by atoms with van der Waals surface area (Å²) in [5.41, 5.74) is 3.13. The Kier molecular flexibility index (Phi) is 3.77. The van der Waals surface area contributed by atoms with Crippen LogP contribution < -0.4 is 10.1 Å². The Morgan fingerprint density at radius 1 is 1.14 bits per heavy atom. The maximum Gasteiger partial charge on any atom is 0.212 e. The van der Waals surface area contributed by atoms with E-state index in [9.17, 15) is 0 Å². The molecular weight excluding hydrogens is 266 g/mol. The van der Waals surface area contributed by atoms with Gasteiger partial charge in [-0.1, -0.05) is 12.1 Å². The molecule has 0 atom stereocenters. The SMILES string of the molecule is COc1ccc(CNc2cccc(-n3cnnc3)c2)cn1. The van der Waals surface area contributed by atoms with Crippen molar-refractivity contribution in [1.29, 1.82) is 0 Å². The van der Waals surface area contributed by atoms with Crippen LogP contribution >= 0.6 is 0 Å². The van der Waals surface area contributed by atoms with Gasteiger partial charge in [-0.05, 0) is 23.8 Å². The molecule has 0 spiro atoms. The van der Waals surface area contributed by atoms with E-state index in [2.05, 4.69) is 20.5 Å². The molecule has 2 heterocycles. The van der Waals surface area contributed by atoms with E-state index in [1.54, 1.807) is 26.0 Å². The van der Waals surface area contributed by atoms with Crippen LogP contribution in [0.25, 0.3) is 5.69 Å². The largest absolute Gasteiger partial charge is 0.481 e. The molecular formula is C15H15N5O. The van der Waals surface area contributed by atoms with Crippen LogP contribution in [0.15, 0.2) is 55.2 Å². The number of nitrogens with one attached hydrogen (secondary N) is 1. The van der Waals surface area contributed by atoms with Gasteiger partial charge in [0, 0.05) is 24.5 Å². The fourth-order valence-electron chi connectivity index (χ4n) is 1.95. The number of pyridine rings is 1. The Morgan fingerprint density at radius 2 is 2.00 bits per heavy atom. The fourth-order valence-corrected chi connectivity index (χ4v) is 1.95.